The molecular weight excluding hydrogens is 316 g/mol. The van der Waals surface area contributed by atoms with Gasteiger partial charge in [-0.05, 0) is 41.0 Å². The van der Waals surface area contributed by atoms with E-state index < -0.39 is 5.97 Å². The monoisotopic (exact) mass is 346 g/mol. The molecule has 0 aromatic heterocycles. The second-order valence-electron chi connectivity index (χ2n) is 9.01. The maximum Gasteiger partial charge on any atom is 0.331 e. The highest BCUT2D eigenvalue weighted by Crippen LogP contribution is 2.44. The molecule has 1 aliphatic heterocycles. The lowest BCUT2D eigenvalue weighted by Crippen LogP contribution is -2.21. The summed E-state index contributed by atoms with van der Waals surface area (Å²) in [5, 5.41) is 20.4. The fourth-order valence-corrected chi connectivity index (χ4v) is 3.17. The Hall–Kier alpha value is -1.81. The van der Waals surface area contributed by atoms with Crippen LogP contribution in [0, 0.1) is 0 Å². The molecule has 0 saturated carbocycles. The van der Waals surface area contributed by atoms with Crippen LogP contribution in [0.1, 0.15) is 70.7 Å². The number of aliphatic carboxylic acids is 1. The molecule has 0 spiro atoms. The summed E-state index contributed by atoms with van der Waals surface area (Å²) in [7, 11) is 0. The number of phenolic OH excluding ortho intramolecular Hbond substituents is 1. The highest BCUT2D eigenvalue weighted by molar-refractivity contribution is 5.92. The lowest BCUT2D eigenvalue weighted by molar-refractivity contribution is -0.132. The normalized spacial score (nSPS) is 18.4. The average molecular weight is 346 g/mol. The predicted molar refractivity (Wildman–Crippen MR) is 100 cm³/mol. The van der Waals surface area contributed by atoms with Crippen LogP contribution in [0.4, 0.5) is 0 Å². The van der Waals surface area contributed by atoms with Gasteiger partial charge in [-0.1, -0.05) is 41.5 Å². The number of benzene rings is 1. The Bertz CT molecular complexity index is 711. The molecule has 0 bridgehead atoms. The van der Waals surface area contributed by atoms with Gasteiger partial charge in [0.25, 0.3) is 0 Å². The Morgan fingerprint density at radius 1 is 1.24 bits per heavy atom. The molecule has 1 aromatic rings. The molecule has 1 saturated heterocycles. The molecule has 1 fully saturated rings. The van der Waals surface area contributed by atoms with Crippen LogP contribution in [0.25, 0.3) is 6.08 Å². The van der Waals surface area contributed by atoms with Crippen molar-refractivity contribution >= 4 is 12.0 Å². The quantitative estimate of drug-likeness (QED) is 0.625. The SMILES string of the molecule is CC(=Cc1cc(C(C)(C)C)c(O)c(C(C)(C)C)c1CC1CO1)C(=O)O. The van der Waals surface area contributed by atoms with Crippen LogP contribution in [0.3, 0.4) is 0 Å². The fourth-order valence-electron chi connectivity index (χ4n) is 3.17. The first kappa shape index (κ1) is 19.5. The van der Waals surface area contributed by atoms with E-state index in [2.05, 4.69) is 41.5 Å². The van der Waals surface area contributed by atoms with Crippen molar-refractivity contribution in [2.45, 2.75) is 71.8 Å². The van der Waals surface area contributed by atoms with Crippen molar-refractivity contribution < 1.29 is 19.7 Å². The van der Waals surface area contributed by atoms with Crippen LogP contribution in [0.5, 0.6) is 5.75 Å². The molecule has 2 rings (SSSR count). The van der Waals surface area contributed by atoms with Crippen LogP contribution >= 0.6 is 0 Å². The third kappa shape index (κ3) is 4.43. The van der Waals surface area contributed by atoms with Crippen molar-refractivity contribution in [3.05, 3.63) is 33.9 Å². The third-order valence-electron chi connectivity index (χ3n) is 4.54. The van der Waals surface area contributed by atoms with Crippen molar-refractivity contribution in [3.63, 3.8) is 0 Å². The lowest BCUT2D eigenvalue weighted by atomic mass is 9.74. The number of carbonyl (C=O) groups is 1. The van der Waals surface area contributed by atoms with Crippen molar-refractivity contribution in [3.8, 4) is 5.75 Å². The fraction of sp³-hybridized carbons (Fsp3) is 0.571. The van der Waals surface area contributed by atoms with Crippen LogP contribution in [-0.2, 0) is 26.8 Å². The third-order valence-corrected chi connectivity index (χ3v) is 4.54. The van der Waals surface area contributed by atoms with Crippen LogP contribution in [0.2, 0.25) is 0 Å². The molecule has 1 aliphatic rings. The second kappa shape index (κ2) is 6.49. The molecule has 0 amide bonds. The number of hydrogen-bond donors (Lipinski definition) is 2. The zero-order valence-electron chi connectivity index (χ0n) is 16.4. The summed E-state index contributed by atoms with van der Waals surface area (Å²) in [5.41, 5.74) is 3.34. The molecule has 25 heavy (non-hydrogen) atoms. The first-order valence-corrected chi connectivity index (χ1v) is 8.75. The Balaban J connectivity index is 2.82. The standard InChI is InChI=1S/C21H30O4/c1-12(19(23)24)8-13-9-16(20(2,3)4)18(22)17(21(5,6)7)15(13)10-14-11-25-14/h8-9,14,22H,10-11H2,1-7H3,(H,23,24). The van der Waals surface area contributed by atoms with Gasteiger partial charge in [-0.15, -0.1) is 0 Å². The smallest absolute Gasteiger partial charge is 0.331 e. The summed E-state index contributed by atoms with van der Waals surface area (Å²) < 4.78 is 5.41. The van der Waals surface area contributed by atoms with Gasteiger partial charge in [0.1, 0.15) is 5.75 Å². The van der Waals surface area contributed by atoms with Gasteiger partial charge >= 0.3 is 5.97 Å². The molecule has 138 valence electrons. The number of carboxylic acid groups (broad SMARTS) is 1. The molecule has 1 heterocycles. The largest absolute Gasteiger partial charge is 0.507 e. The van der Waals surface area contributed by atoms with E-state index in [1.54, 1.807) is 13.0 Å². The number of epoxide rings is 1. The maximum absolute atomic E-state index is 11.3. The van der Waals surface area contributed by atoms with Gasteiger partial charge in [-0.2, -0.15) is 0 Å². The van der Waals surface area contributed by atoms with Gasteiger partial charge in [0.15, 0.2) is 0 Å². The molecular formula is C21H30O4. The van der Waals surface area contributed by atoms with Crippen molar-refractivity contribution in [2.75, 3.05) is 6.61 Å². The molecule has 1 unspecified atom stereocenters. The summed E-state index contributed by atoms with van der Waals surface area (Å²) in [5.74, 6) is -0.614. The number of carboxylic acids is 1. The molecule has 2 N–H and O–H groups in total. The van der Waals surface area contributed by atoms with Gasteiger partial charge in [0, 0.05) is 23.1 Å². The molecule has 4 heteroatoms. The first-order valence-electron chi connectivity index (χ1n) is 8.75. The van der Waals surface area contributed by atoms with Crippen LogP contribution < -0.4 is 0 Å². The molecule has 4 nitrogen and oxygen atoms in total. The minimum absolute atomic E-state index is 0.151. The number of aromatic hydroxyl groups is 1. The molecule has 0 radical (unpaired) electrons. The molecule has 1 atom stereocenters. The second-order valence-corrected chi connectivity index (χ2v) is 9.01. The van der Waals surface area contributed by atoms with E-state index in [0.717, 1.165) is 22.3 Å². The minimum atomic E-state index is -0.934. The van der Waals surface area contributed by atoms with Crippen molar-refractivity contribution in [1.82, 2.24) is 0 Å². The van der Waals surface area contributed by atoms with E-state index in [-0.39, 0.29) is 22.5 Å². The topological polar surface area (TPSA) is 70.1 Å². The van der Waals surface area contributed by atoms with E-state index in [9.17, 15) is 15.0 Å². The van der Waals surface area contributed by atoms with Gasteiger partial charge in [0.05, 0.1) is 12.7 Å². The van der Waals surface area contributed by atoms with E-state index in [1.165, 1.54) is 0 Å². The van der Waals surface area contributed by atoms with E-state index in [1.807, 2.05) is 6.07 Å². The summed E-state index contributed by atoms with van der Waals surface area (Å²) in [6.07, 6.45) is 2.55. The van der Waals surface area contributed by atoms with Crippen molar-refractivity contribution in [1.29, 1.82) is 0 Å². The average Bonchev–Trinajstić information content (AvgIpc) is 3.22. The predicted octanol–water partition coefficient (Wildman–Crippen LogP) is 4.42. The van der Waals surface area contributed by atoms with Crippen LogP contribution in [0.15, 0.2) is 11.6 Å². The molecule has 0 aliphatic carbocycles. The maximum atomic E-state index is 11.3. The Morgan fingerprint density at radius 2 is 1.80 bits per heavy atom. The number of ether oxygens (including phenoxy) is 1. The van der Waals surface area contributed by atoms with Gasteiger partial charge < -0.3 is 14.9 Å². The van der Waals surface area contributed by atoms with E-state index in [4.69, 9.17) is 4.74 Å². The van der Waals surface area contributed by atoms with E-state index in [0.29, 0.717) is 18.8 Å². The highest BCUT2D eigenvalue weighted by atomic mass is 16.6. The zero-order chi connectivity index (χ0) is 19.2. The van der Waals surface area contributed by atoms with Gasteiger partial charge in [0.2, 0.25) is 0 Å². The summed E-state index contributed by atoms with van der Waals surface area (Å²) in [4.78, 5) is 11.3. The number of phenols is 1. The van der Waals surface area contributed by atoms with Gasteiger partial charge in [-0.3, -0.25) is 0 Å². The van der Waals surface area contributed by atoms with Gasteiger partial charge in [-0.25, -0.2) is 4.79 Å². The lowest BCUT2D eigenvalue weighted by Gasteiger charge is -2.31. The first-order chi connectivity index (χ1) is 11.3. The number of hydrogen-bond acceptors (Lipinski definition) is 3. The Morgan fingerprint density at radius 3 is 2.20 bits per heavy atom. The Kier molecular flexibility index (Phi) is 5.06. The Labute approximate surface area is 150 Å². The minimum Gasteiger partial charge on any atom is -0.507 e. The summed E-state index contributed by atoms with van der Waals surface area (Å²) >= 11 is 0. The molecule has 1 aromatic carbocycles. The summed E-state index contributed by atoms with van der Waals surface area (Å²) in [6, 6.07) is 1.94. The van der Waals surface area contributed by atoms with Crippen molar-refractivity contribution in [2.24, 2.45) is 0 Å². The number of rotatable bonds is 4. The zero-order valence-corrected chi connectivity index (χ0v) is 16.4. The summed E-state index contributed by atoms with van der Waals surface area (Å²) in [6.45, 7) is 14.7. The van der Waals surface area contributed by atoms with Crippen LogP contribution in [-0.4, -0.2) is 28.9 Å². The van der Waals surface area contributed by atoms with E-state index >= 15 is 0 Å². The highest BCUT2D eigenvalue weighted by Gasteiger charge is 2.33.